The van der Waals surface area contributed by atoms with Gasteiger partial charge in [0.2, 0.25) is 5.60 Å². The van der Waals surface area contributed by atoms with Gasteiger partial charge in [0.1, 0.15) is 17.2 Å². The van der Waals surface area contributed by atoms with Crippen molar-refractivity contribution in [2.75, 3.05) is 13.6 Å². The van der Waals surface area contributed by atoms with E-state index in [9.17, 15) is 19.1 Å². The van der Waals surface area contributed by atoms with Crippen molar-refractivity contribution >= 4 is 17.5 Å². The first-order chi connectivity index (χ1) is 13.8. The third-order valence-corrected chi connectivity index (χ3v) is 4.72. The summed E-state index contributed by atoms with van der Waals surface area (Å²) in [5.74, 6) is 3.41. The van der Waals surface area contributed by atoms with Crippen LogP contribution in [0.15, 0.2) is 36.8 Å². The first kappa shape index (κ1) is 18.6. The molecule has 1 aliphatic heterocycles. The average molecular weight is 393 g/mol. The van der Waals surface area contributed by atoms with Gasteiger partial charge >= 0.3 is 0 Å². The van der Waals surface area contributed by atoms with Gasteiger partial charge in [0.25, 0.3) is 11.8 Å². The number of amides is 2. The maximum Gasteiger partial charge on any atom is 0.268 e. The molecule has 3 aromatic rings. The van der Waals surface area contributed by atoms with E-state index in [1.807, 2.05) is 0 Å². The van der Waals surface area contributed by atoms with Crippen LogP contribution in [0, 0.1) is 17.7 Å². The van der Waals surface area contributed by atoms with Gasteiger partial charge in [-0.1, -0.05) is 11.8 Å². The van der Waals surface area contributed by atoms with E-state index >= 15 is 0 Å². The number of carbonyl (C=O) groups excluding carboxylic acids is 2. The van der Waals surface area contributed by atoms with Gasteiger partial charge in [-0.15, -0.1) is 0 Å². The van der Waals surface area contributed by atoms with Crippen molar-refractivity contribution in [2.24, 2.45) is 5.73 Å². The number of hydrogen-bond donors (Lipinski definition) is 2. The van der Waals surface area contributed by atoms with Crippen LogP contribution in [-0.4, -0.2) is 55.4 Å². The number of hydrogen-bond acceptors (Lipinski definition) is 5. The molecular formula is C20H16FN5O3. The number of likely N-dealkylation sites (tertiary alicyclic amines) is 1. The topological polar surface area (TPSA) is 114 Å². The van der Waals surface area contributed by atoms with E-state index in [2.05, 4.69) is 21.8 Å². The molecule has 0 bridgehead atoms. The van der Waals surface area contributed by atoms with E-state index in [1.54, 1.807) is 23.7 Å². The Balaban J connectivity index is 1.81. The summed E-state index contributed by atoms with van der Waals surface area (Å²) >= 11 is 0. The van der Waals surface area contributed by atoms with E-state index in [1.165, 1.54) is 29.4 Å². The molecule has 1 fully saturated rings. The first-order valence-electron chi connectivity index (χ1n) is 8.72. The second kappa shape index (κ2) is 6.68. The molecule has 9 heteroatoms. The predicted octanol–water partition coefficient (Wildman–Crippen LogP) is 0.579. The molecule has 0 radical (unpaired) electrons. The number of carbonyl (C=O) groups is 2. The average Bonchev–Trinajstić information content (AvgIpc) is 3.26. The van der Waals surface area contributed by atoms with Crippen molar-refractivity contribution in [3.05, 3.63) is 53.9 Å². The lowest BCUT2D eigenvalue weighted by Gasteiger charge is -2.13. The van der Waals surface area contributed by atoms with Gasteiger partial charge in [-0.25, -0.2) is 14.4 Å². The summed E-state index contributed by atoms with van der Waals surface area (Å²) < 4.78 is 15.8. The molecule has 3 N–H and O–H groups in total. The summed E-state index contributed by atoms with van der Waals surface area (Å²) in [4.78, 5) is 33.4. The minimum atomic E-state index is -1.79. The zero-order chi connectivity index (χ0) is 20.8. The van der Waals surface area contributed by atoms with Crippen molar-refractivity contribution in [2.45, 2.75) is 12.0 Å². The largest absolute Gasteiger partial charge is 0.369 e. The van der Waals surface area contributed by atoms with Gasteiger partial charge in [0, 0.05) is 49.7 Å². The standard InChI is InChI=1S/C20H16FN5O3/c1-25-6-4-20(29,19(25)28)3-2-12-8-13(10-14(21)9-12)16-18-23-5-7-26(18)11-15(24-16)17(22)27/h5,7-11,29H,4,6H2,1H3,(H2,22,27)/t20-/m0/s1. The number of nitrogens with two attached hydrogens (primary N) is 1. The highest BCUT2D eigenvalue weighted by molar-refractivity contribution is 5.92. The van der Waals surface area contributed by atoms with Crippen LogP contribution >= 0.6 is 0 Å². The fourth-order valence-electron chi connectivity index (χ4n) is 3.19. The molecule has 8 nitrogen and oxygen atoms in total. The third kappa shape index (κ3) is 3.30. The fraction of sp³-hybridized carbons (Fsp3) is 0.200. The zero-order valence-corrected chi connectivity index (χ0v) is 15.4. The van der Waals surface area contributed by atoms with E-state index < -0.39 is 23.2 Å². The number of primary amides is 1. The van der Waals surface area contributed by atoms with Crippen LogP contribution in [0.5, 0.6) is 0 Å². The quantitative estimate of drug-likeness (QED) is 0.618. The summed E-state index contributed by atoms with van der Waals surface area (Å²) in [5.41, 5.74) is 4.78. The summed E-state index contributed by atoms with van der Waals surface area (Å²) in [6.45, 7) is 0.389. The Hall–Kier alpha value is -3.77. The minimum absolute atomic E-state index is 0.00343. The molecule has 2 aromatic heterocycles. The Bertz CT molecular complexity index is 1230. The Morgan fingerprint density at radius 2 is 2.17 bits per heavy atom. The highest BCUT2D eigenvalue weighted by atomic mass is 19.1. The highest BCUT2D eigenvalue weighted by Gasteiger charge is 2.42. The molecule has 4 rings (SSSR count). The number of aromatic nitrogens is 3. The Kier molecular flexibility index (Phi) is 4.28. The molecule has 0 spiro atoms. The molecule has 1 atom stereocenters. The molecule has 1 saturated heterocycles. The lowest BCUT2D eigenvalue weighted by atomic mass is 10.0. The fourth-order valence-corrected chi connectivity index (χ4v) is 3.19. The molecule has 146 valence electrons. The zero-order valence-electron chi connectivity index (χ0n) is 15.4. The second-order valence-corrected chi connectivity index (χ2v) is 6.81. The lowest BCUT2D eigenvalue weighted by molar-refractivity contribution is -0.137. The molecule has 29 heavy (non-hydrogen) atoms. The normalized spacial score (nSPS) is 18.7. The van der Waals surface area contributed by atoms with Gasteiger partial charge < -0.3 is 20.1 Å². The van der Waals surface area contributed by atoms with E-state index in [4.69, 9.17) is 5.73 Å². The van der Waals surface area contributed by atoms with Crippen LogP contribution in [-0.2, 0) is 4.79 Å². The Labute approximate surface area is 164 Å². The number of aliphatic hydroxyl groups is 1. The highest BCUT2D eigenvalue weighted by Crippen LogP contribution is 2.25. The molecule has 2 amide bonds. The smallest absolute Gasteiger partial charge is 0.268 e. The summed E-state index contributed by atoms with van der Waals surface area (Å²) in [7, 11) is 1.58. The second-order valence-electron chi connectivity index (χ2n) is 6.81. The van der Waals surface area contributed by atoms with E-state index in [0.717, 1.165) is 0 Å². The number of fused-ring (bicyclic) bond motifs is 1. The van der Waals surface area contributed by atoms with Gasteiger partial charge in [-0.3, -0.25) is 9.59 Å². The number of likely N-dealkylation sites (N-methyl/N-ethyl adjacent to an activating group) is 1. The van der Waals surface area contributed by atoms with Crippen LogP contribution in [0.1, 0.15) is 22.5 Å². The monoisotopic (exact) mass is 393 g/mol. The van der Waals surface area contributed by atoms with E-state index in [0.29, 0.717) is 17.8 Å². The van der Waals surface area contributed by atoms with Crippen LogP contribution < -0.4 is 5.73 Å². The summed E-state index contributed by atoms with van der Waals surface area (Å²) in [5, 5.41) is 10.4. The van der Waals surface area contributed by atoms with Crippen molar-refractivity contribution in [3.8, 4) is 23.1 Å². The molecule has 3 heterocycles. The number of rotatable bonds is 2. The van der Waals surface area contributed by atoms with E-state index in [-0.39, 0.29) is 23.4 Å². The summed E-state index contributed by atoms with van der Waals surface area (Å²) in [6, 6.07) is 3.96. The molecule has 0 saturated carbocycles. The van der Waals surface area contributed by atoms with Crippen LogP contribution in [0.25, 0.3) is 16.9 Å². The molecular weight excluding hydrogens is 377 g/mol. The molecule has 0 unspecified atom stereocenters. The number of imidazole rings is 1. The van der Waals surface area contributed by atoms with Gasteiger partial charge in [-0.05, 0) is 18.2 Å². The number of nitrogens with zero attached hydrogens (tertiary/aromatic N) is 4. The third-order valence-electron chi connectivity index (χ3n) is 4.72. The van der Waals surface area contributed by atoms with Gasteiger partial charge in [0.05, 0.1) is 0 Å². The van der Waals surface area contributed by atoms with Crippen molar-refractivity contribution in [1.82, 2.24) is 19.3 Å². The lowest BCUT2D eigenvalue weighted by Crippen LogP contribution is -2.37. The minimum Gasteiger partial charge on any atom is -0.369 e. The van der Waals surface area contributed by atoms with Gasteiger partial charge in [0.15, 0.2) is 5.65 Å². The van der Waals surface area contributed by atoms with Crippen molar-refractivity contribution < 1.29 is 19.1 Å². The Morgan fingerprint density at radius 3 is 2.86 bits per heavy atom. The maximum absolute atomic E-state index is 14.3. The molecule has 1 aliphatic rings. The van der Waals surface area contributed by atoms with Crippen LogP contribution in [0.2, 0.25) is 0 Å². The predicted molar refractivity (Wildman–Crippen MR) is 101 cm³/mol. The van der Waals surface area contributed by atoms with Crippen molar-refractivity contribution in [3.63, 3.8) is 0 Å². The number of halogens is 1. The van der Waals surface area contributed by atoms with Crippen LogP contribution in [0.4, 0.5) is 4.39 Å². The van der Waals surface area contributed by atoms with Crippen LogP contribution in [0.3, 0.4) is 0 Å². The SMILES string of the molecule is CN1CC[C@@](O)(C#Cc2cc(F)cc(-c3nc(C(N)=O)cn4ccnc34)c2)C1=O. The first-order valence-corrected chi connectivity index (χ1v) is 8.72. The maximum atomic E-state index is 14.3. The molecule has 1 aromatic carbocycles. The van der Waals surface area contributed by atoms with Gasteiger partial charge in [-0.2, -0.15) is 0 Å². The molecule has 0 aliphatic carbocycles. The van der Waals surface area contributed by atoms with Crippen molar-refractivity contribution in [1.29, 1.82) is 0 Å². The number of benzene rings is 1. The Morgan fingerprint density at radius 1 is 1.38 bits per heavy atom. The summed E-state index contributed by atoms with van der Waals surface area (Å²) in [6.07, 6.45) is 4.74.